The van der Waals surface area contributed by atoms with Gasteiger partial charge < -0.3 is 5.32 Å². The maximum atomic E-state index is 11.7. The van der Waals surface area contributed by atoms with Crippen LogP contribution in [0.1, 0.15) is 17.3 Å². The van der Waals surface area contributed by atoms with Crippen molar-refractivity contribution in [2.75, 3.05) is 5.32 Å². The van der Waals surface area contributed by atoms with Crippen LogP contribution in [0.15, 0.2) is 54.7 Å². The van der Waals surface area contributed by atoms with Gasteiger partial charge in [0.1, 0.15) is 0 Å². The lowest BCUT2D eigenvalue weighted by atomic mass is 10.1. The molecule has 0 atom stereocenters. The number of Topliss-reactive ketones (excluding diaryl/α,β-unsaturated/α-hetero) is 1. The first-order valence-electron chi connectivity index (χ1n) is 6.57. The highest BCUT2D eigenvalue weighted by atomic mass is 35.5. The highest BCUT2D eigenvalue weighted by Crippen LogP contribution is 2.30. The lowest BCUT2D eigenvalue weighted by molar-refractivity contribution is 0.101. The fraction of sp³-hybridized carbons (Fsp3) is 0.0588. The Labute approximate surface area is 127 Å². The Morgan fingerprint density at radius 3 is 2.67 bits per heavy atom. The number of para-hydroxylation sites is 2. The molecule has 21 heavy (non-hydrogen) atoms. The number of carbonyl (C=O) groups excluding carboxylic acids is 1. The van der Waals surface area contributed by atoms with Gasteiger partial charge in [-0.1, -0.05) is 35.9 Å². The number of benzene rings is 2. The standard InChI is InChI=1S/C17H13ClN2O/c1-11(21)12-5-2-3-8-15(12)20-16-9-10-19-17-13(16)6-4-7-14(17)18/h2-10H,1H3,(H,19,20). The molecule has 1 heterocycles. The van der Waals surface area contributed by atoms with Crippen molar-refractivity contribution < 1.29 is 4.79 Å². The first kappa shape index (κ1) is 13.6. The van der Waals surface area contributed by atoms with Crippen molar-refractivity contribution in [2.24, 2.45) is 0 Å². The Bertz CT molecular complexity index is 830. The quantitative estimate of drug-likeness (QED) is 0.704. The van der Waals surface area contributed by atoms with E-state index in [1.54, 1.807) is 19.2 Å². The summed E-state index contributed by atoms with van der Waals surface area (Å²) in [5.41, 5.74) is 3.04. The number of aromatic nitrogens is 1. The Hall–Kier alpha value is -2.39. The predicted octanol–water partition coefficient (Wildman–Crippen LogP) is 4.83. The fourth-order valence-corrected chi connectivity index (χ4v) is 2.52. The summed E-state index contributed by atoms with van der Waals surface area (Å²) in [7, 11) is 0. The van der Waals surface area contributed by atoms with E-state index in [4.69, 9.17) is 11.6 Å². The molecule has 1 N–H and O–H groups in total. The molecule has 0 saturated carbocycles. The normalized spacial score (nSPS) is 10.6. The molecule has 1 aromatic heterocycles. The lowest BCUT2D eigenvalue weighted by Crippen LogP contribution is -2.00. The number of hydrogen-bond acceptors (Lipinski definition) is 3. The van der Waals surface area contributed by atoms with Crippen LogP contribution in [0.4, 0.5) is 11.4 Å². The molecule has 3 nitrogen and oxygen atoms in total. The monoisotopic (exact) mass is 296 g/mol. The van der Waals surface area contributed by atoms with Gasteiger partial charge in [-0.25, -0.2) is 0 Å². The van der Waals surface area contributed by atoms with Crippen LogP contribution in [0.5, 0.6) is 0 Å². The van der Waals surface area contributed by atoms with Crippen LogP contribution in [0.25, 0.3) is 10.9 Å². The van der Waals surface area contributed by atoms with Gasteiger partial charge in [-0.3, -0.25) is 9.78 Å². The Morgan fingerprint density at radius 1 is 1.05 bits per heavy atom. The zero-order chi connectivity index (χ0) is 14.8. The van der Waals surface area contributed by atoms with E-state index in [1.807, 2.05) is 42.5 Å². The molecule has 0 unspecified atom stereocenters. The van der Waals surface area contributed by atoms with Crippen LogP contribution < -0.4 is 5.32 Å². The minimum absolute atomic E-state index is 0.0227. The van der Waals surface area contributed by atoms with Crippen LogP contribution in [-0.2, 0) is 0 Å². The average Bonchev–Trinajstić information content (AvgIpc) is 2.49. The number of fused-ring (bicyclic) bond motifs is 1. The zero-order valence-electron chi connectivity index (χ0n) is 11.4. The zero-order valence-corrected chi connectivity index (χ0v) is 12.2. The molecule has 2 aromatic carbocycles. The summed E-state index contributed by atoms with van der Waals surface area (Å²) in [6.07, 6.45) is 1.70. The lowest BCUT2D eigenvalue weighted by Gasteiger charge is -2.12. The number of nitrogens with one attached hydrogen (secondary N) is 1. The summed E-state index contributed by atoms with van der Waals surface area (Å²) in [6, 6.07) is 14.9. The molecular weight excluding hydrogens is 284 g/mol. The second-order valence-electron chi connectivity index (χ2n) is 4.72. The predicted molar refractivity (Wildman–Crippen MR) is 86.5 cm³/mol. The van der Waals surface area contributed by atoms with Gasteiger partial charge in [0.05, 0.1) is 10.5 Å². The first-order valence-corrected chi connectivity index (χ1v) is 6.95. The summed E-state index contributed by atoms with van der Waals surface area (Å²) in [6.45, 7) is 1.56. The molecule has 0 bridgehead atoms. The van der Waals surface area contributed by atoms with Crippen molar-refractivity contribution in [1.82, 2.24) is 4.98 Å². The molecule has 0 fully saturated rings. The highest BCUT2D eigenvalue weighted by molar-refractivity contribution is 6.35. The number of rotatable bonds is 3. The van der Waals surface area contributed by atoms with Crippen molar-refractivity contribution in [3.63, 3.8) is 0 Å². The number of pyridine rings is 1. The summed E-state index contributed by atoms with van der Waals surface area (Å²) < 4.78 is 0. The van der Waals surface area contributed by atoms with Gasteiger partial charge in [0.15, 0.2) is 5.78 Å². The number of halogens is 1. The van der Waals surface area contributed by atoms with Crippen LogP contribution >= 0.6 is 11.6 Å². The Kier molecular flexibility index (Phi) is 3.59. The molecule has 0 radical (unpaired) electrons. The number of anilines is 2. The Balaban J connectivity index is 2.11. The van der Waals surface area contributed by atoms with E-state index in [0.29, 0.717) is 10.6 Å². The second kappa shape index (κ2) is 5.54. The fourth-order valence-electron chi connectivity index (χ4n) is 2.29. The van der Waals surface area contributed by atoms with Crippen LogP contribution in [0.3, 0.4) is 0 Å². The molecule has 3 rings (SSSR count). The van der Waals surface area contributed by atoms with Crippen molar-refractivity contribution >= 4 is 39.7 Å². The van der Waals surface area contributed by atoms with E-state index in [9.17, 15) is 4.79 Å². The van der Waals surface area contributed by atoms with Crippen molar-refractivity contribution in [3.05, 3.63) is 65.3 Å². The minimum atomic E-state index is 0.0227. The molecule has 3 aromatic rings. The van der Waals surface area contributed by atoms with E-state index in [0.717, 1.165) is 22.3 Å². The summed E-state index contributed by atoms with van der Waals surface area (Å²) in [4.78, 5) is 16.0. The molecule has 0 amide bonds. The summed E-state index contributed by atoms with van der Waals surface area (Å²) in [5, 5.41) is 4.83. The van der Waals surface area contributed by atoms with Gasteiger partial charge in [-0.2, -0.15) is 0 Å². The van der Waals surface area contributed by atoms with E-state index in [-0.39, 0.29) is 5.78 Å². The number of carbonyl (C=O) groups is 1. The molecule has 0 aliphatic heterocycles. The molecule has 0 aliphatic carbocycles. The third kappa shape index (κ3) is 2.60. The summed E-state index contributed by atoms with van der Waals surface area (Å²) >= 11 is 6.17. The maximum Gasteiger partial charge on any atom is 0.161 e. The number of ketones is 1. The van der Waals surface area contributed by atoms with Crippen molar-refractivity contribution in [3.8, 4) is 0 Å². The van der Waals surface area contributed by atoms with Crippen LogP contribution in [0.2, 0.25) is 5.02 Å². The molecular formula is C17H13ClN2O. The van der Waals surface area contributed by atoms with Gasteiger partial charge in [-0.15, -0.1) is 0 Å². The third-order valence-electron chi connectivity index (χ3n) is 3.30. The van der Waals surface area contributed by atoms with E-state index >= 15 is 0 Å². The first-order chi connectivity index (χ1) is 10.2. The van der Waals surface area contributed by atoms with Gasteiger partial charge in [0.2, 0.25) is 0 Å². The van der Waals surface area contributed by atoms with Crippen molar-refractivity contribution in [1.29, 1.82) is 0 Å². The SMILES string of the molecule is CC(=O)c1ccccc1Nc1ccnc2c(Cl)cccc12. The number of nitrogens with zero attached hydrogens (tertiary/aromatic N) is 1. The van der Waals surface area contributed by atoms with Crippen molar-refractivity contribution in [2.45, 2.75) is 6.92 Å². The van der Waals surface area contributed by atoms with Gasteiger partial charge >= 0.3 is 0 Å². The molecule has 0 spiro atoms. The van der Waals surface area contributed by atoms with Gasteiger partial charge in [-0.05, 0) is 31.2 Å². The molecule has 0 saturated heterocycles. The average molecular weight is 297 g/mol. The number of hydrogen-bond donors (Lipinski definition) is 1. The maximum absolute atomic E-state index is 11.7. The third-order valence-corrected chi connectivity index (χ3v) is 3.60. The van der Waals surface area contributed by atoms with Gasteiger partial charge in [0.25, 0.3) is 0 Å². The van der Waals surface area contributed by atoms with E-state index in [2.05, 4.69) is 10.3 Å². The molecule has 0 aliphatic rings. The summed E-state index contributed by atoms with van der Waals surface area (Å²) in [5.74, 6) is 0.0227. The highest BCUT2D eigenvalue weighted by Gasteiger charge is 2.09. The van der Waals surface area contributed by atoms with E-state index < -0.39 is 0 Å². The van der Waals surface area contributed by atoms with Crippen LogP contribution in [-0.4, -0.2) is 10.8 Å². The Morgan fingerprint density at radius 2 is 1.86 bits per heavy atom. The topological polar surface area (TPSA) is 42.0 Å². The van der Waals surface area contributed by atoms with Gasteiger partial charge in [0, 0.05) is 28.5 Å². The molecule has 4 heteroatoms. The minimum Gasteiger partial charge on any atom is -0.354 e. The largest absolute Gasteiger partial charge is 0.354 e. The van der Waals surface area contributed by atoms with Crippen LogP contribution in [0, 0.1) is 0 Å². The second-order valence-corrected chi connectivity index (χ2v) is 5.13. The molecule has 104 valence electrons. The smallest absolute Gasteiger partial charge is 0.161 e. The van der Waals surface area contributed by atoms with E-state index in [1.165, 1.54) is 0 Å².